The summed E-state index contributed by atoms with van der Waals surface area (Å²) in [6.45, 7) is 1.94. The van der Waals surface area contributed by atoms with E-state index in [1.807, 2.05) is 61.5 Å². The van der Waals surface area contributed by atoms with Crippen LogP contribution in [-0.4, -0.2) is 15.9 Å². The first-order valence-electron chi connectivity index (χ1n) is 6.52. The van der Waals surface area contributed by atoms with Crippen LogP contribution in [0.15, 0.2) is 59.7 Å². The summed E-state index contributed by atoms with van der Waals surface area (Å²) in [5.74, 6) is 0.588. The van der Waals surface area contributed by atoms with Crippen LogP contribution >= 0.6 is 11.6 Å². The first kappa shape index (κ1) is 13.5. The first-order chi connectivity index (χ1) is 10.3. The molecule has 104 valence electrons. The van der Waals surface area contributed by atoms with Crippen molar-refractivity contribution in [2.24, 2.45) is 5.10 Å². The van der Waals surface area contributed by atoms with Crippen molar-refractivity contribution in [3.05, 3.63) is 65.3 Å². The molecule has 3 aromatic rings. The first-order valence-corrected chi connectivity index (χ1v) is 6.90. The number of nitrogens with zero attached hydrogens (tertiary/aromatic N) is 3. The Bertz CT molecular complexity index is 800. The van der Waals surface area contributed by atoms with Crippen molar-refractivity contribution in [2.75, 3.05) is 5.43 Å². The number of benzene rings is 2. The maximum absolute atomic E-state index is 6.05. The summed E-state index contributed by atoms with van der Waals surface area (Å²) in [6.07, 6.45) is 0. The molecule has 0 saturated carbocycles. The quantitative estimate of drug-likeness (QED) is 0.584. The van der Waals surface area contributed by atoms with E-state index in [4.69, 9.17) is 11.6 Å². The summed E-state index contributed by atoms with van der Waals surface area (Å²) in [7, 11) is 0. The molecule has 0 amide bonds. The molecule has 2 aromatic carbocycles. The molecule has 0 fully saturated rings. The second-order valence-electron chi connectivity index (χ2n) is 4.56. The Labute approximate surface area is 127 Å². The molecule has 1 heterocycles. The topological polar surface area (TPSA) is 50.2 Å². The van der Waals surface area contributed by atoms with Crippen LogP contribution in [0, 0.1) is 0 Å². The van der Waals surface area contributed by atoms with Crippen molar-refractivity contribution in [3.8, 4) is 0 Å². The van der Waals surface area contributed by atoms with Crippen molar-refractivity contribution in [1.29, 1.82) is 0 Å². The number of nitrogens with one attached hydrogen (secondary N) is 1. The fourth-order valence-electron chi connectivity index (χ4n) is 2.03. The van der Waals surface area contributed by atoms with Crippen LogP contribution in [0.5, 0.6) is 0 Å². The lowest BCUT2D eigenvalue weighted by Crippen LogP contribution is -2.02. The van der Waals surface area contributed by atoms with E-state index in [1.54, 1.807) is 0 Å². The van der Waals surface area contributed by atoms with Crippen molar-refractivity contribution in [3.63, 3.8) is 0 Å². The molecule has 0 aliphatic heterocycles. The summed E-state index contributed by atoms with van der Waals surface area (Å²) < 4.78 is 0. The predicted octanol–water partition coefficient (Wildman–Crippen LogP) is 4.12. The van der Waals surface area contributed by atoms with Gasteiger partial charge < -0.3 is 0 Å². The van der Waals surface area contributed by atoms with Crippen LogP contribution in [0.3, 0.4) is 0 Å². The van der Waals surface area contributed by atoms with Crippen molar-refractivity contribution in [2.45, 2.75) is 6.92 Å². The van der Waals surface area contributed by atoms with Gasteiger partial charge in [-0.25, -0.2) is 0 Å². The van der Waals surface area contributed by atoms with Gasteiger partial charge in [0.15, 0.2) is 11.0 Å². The molecular weight excluding hydrogens is 284 g/mol. The molecule has 0 unspecified atom stereocenters. The van der Waals surface area contributed by atoms with E-state index in [0.29, 0.717) is 11.0 Å². The van der Waals surface area contributed by atoms with Crippen LogP contribution in [0.1, 0.15) is 12.5 Å². The highest BCUT2D eigenvalue weighted by Crippen LogP contribution is 2.25. The van der Waals surface area contributed by atoms with Gasteiger partial charge in [-0.05, 0) is 12.5 Å². The van der Waals surface area contributed by atoms with E-state index in [0.717, 1.165) is 22.0 Å². The van der Waals surface area contributed by atoms with E-state index in [1.165, 1.54) is 0 Å². The van der Waals surface area contributed by atoms with Crippen molar-refractivity contribution < 1.29 is 0 Å². The number of fused-ring (bicyclic) bond motifs is 1. The lowest BCUT2D eigenvalue weighted by Gasteiger charge is -2.06. The Morgan fingerprint density at radius 1 is 0.952 bits per heavy atom. The molecule has 0 atom stereocenters. The molecule has 0 bridgehead atoms. The fraction of sp³-hybridized carbons (Fsp3) is 0.0625. The largest absolute Gasteiger partial charge is 0.259 e. The average Bonchev–Trinajstić information content (AvgIpc) is 2.55. The van der Waals surface area contributed by atoms with Gasteiger partial charge in [-0.2, -0.15) is 5.10 Å². The highest BCUT2D eigenvalue weighted by atomic mass is 35.5. The molecule has 0 radical (unpaired) electrons. The molecule has 21 heavy (non-hydrogen) atoms. The number of halogens is 1. The normalized spacial score (nSPS) is 11.6. The van der Waals surface area contributed by atoms with Gasteiger partial charge in [0.05, 0.1) is 5.71 Å². The SMILES string of the molecule is C/C(=N\Nc1nnc(Cl)c2ccccc12)c1ccccc1. The Kier molecular flexibility index (Phi) is 3.79. The van der Waals surface area contributed by atoms with E-state index in [9.17, 15) is 0 Å². The molecule has 1 aromatic heterocycles. The summed E-state index contributed by atoms with van der Waals surface area (Å²) in [4.78, 5) is 0. The summed E-state index contributed by atoms with van der Waals surface area (Å²) >= 11 is 6.05. The minimum absolute atomic E-state index is 0.389. The summed E-state index contributed by atoms with van der Waals surface area (Å²) in [5, 5.41) is 14.5. The van der Waals surface area contributed by atoms with Gasteiger partial charge in [-0.1, -0.05) is 66.2 Å². The molecule has 0 saturated heterocycles. The van der Waals surface area contributed by atoms with Gasteiger partial charge >= 0.3 is 0 Å². The maximum atomic E-state index is 6.05. The number of rotatable bonds is 3. The maximum Gasteiger partial charge on any atom is 0.176 e. The highest BCUT2D eigenvalue weighted by molar-refractivity contribution is 6.34. The third-order valence-electron chi connectivity index (χ3n) is 3.16. The predicted molar refractivity (Wildman–Crippen MR) is 86.8 cm³/mol. The van der Waals surface area contributed by atoms with Crippen LogP contribution in [0.4, 0.5) is 5.82 Å². The molecular formula is C16H13ClN4. The third kappa shape index (κ3) is 2.85. The molecule has 1 N–H and O–H groups in total. The Hall–Kier alpha value is -2.46. The second-order valence-corrected chi connectivity index (χ2v) is 4.92. The monoisotopic (exact) mass is 296 g/mol. The highest BCUT2D eigenvalue weighted by Gasteiger charge is 2.06. The minimum atomic E-state index is 0.389. The fourth-order valence-corrected chi connectivity index (χ4v) is 2.24. The van der Waals surface area contributed by atoms with Gasteiger partial charge in [0.25, 0.3) is 0 Å². The zero-order valence-electron chi connectivity index (χ0n) is 11.4. The van der Waals surface area contributed by atoms with Gasteiger partial charge in [-0.15, -0.1) is 10.2 Å². The Balaban J connectivity index is 1.94. The lowest BCUT2D eigenvalue weighted by molar-refractivity contribution is 1.04. The van der Waals surface area contributed by atoms with Gasteiger partial charge in [0.1, 0.15) is 0 Å². The Morgan fingerprint density at radius 3 is 2.38 bits per heavy atom. The average molecular weight is 297 g/mol. The van der Waals surface area contributed by atoms with Crippen molar-refractivity contribution in [1.82, 2.24) is 10.2 Å². The van der Waals surface area contributed by atoms with Gasteiger partial charge in [0.2, 0.25) is 0 Å². The third-order valence-corrected chi connectivity index (χ3v) is 3.44. The smallest absolute Gasteiger partial charge is 0.176 e. The zero-order valence-corrected chi connectivity index (χ0v) is 12.2. The van der Waals surface area contributed by atoms with Crippen LogP contribution < -0.4 is 5.43 Å². The lowest BCUT2D eigenvalue weighted by atomic mass is 10.1. The second kappa shape index (κ2) is 5.89. The van der Waals surface area contributed by atoms with Crippen LogP contribution in [-0.2, 0) is 0 Å². The minimum Gasteiger partial charge on any atom is -0.259 e. The Morgan fingerprint density at radius 2 is 1.62 bits per heavy atom. The van der Waals surface area contributed by atoms with Crippen LogP contribution in [0.2, 0.25) is 5.15 Å². The van der Waals surface area contributed by atoms with Gasteiger partial charge in [-0.3, -0.25) is 5.43 Å². The number of hydrazone groups is 1. The zero-order chi connectivity index (χ0) is 14.7. The van der Waals surface area contributed by atoms with Gasteiger partial charge in [0, 0.05) is 10.8 Å². The van der Waals surface area contributed by atoms with E-state index in [2.05, 4.69) is 20.7 Å². The molecule has 0 aliphatic carbocycles. The molecule has 4 nitrogen and oxygen atoms in total. The summed E-state index contributed by atoms with van der Waals surface area (Å²) in [5.41, 5.74) is 4.89. The van der Waals surface area contributed by atoms with E-state index >= 15 is 0 Å². The molecule has 5 heteroatoms. The van der Waals surface area contributed by atoms with Crippen molar-refractivity contribution >= 4 is 33.9 Å². The number of hydrogen-bond acceptors (Lipinski definition) is 4. The summed E-state index contributed by atoms with van der Waals surface area (Å²) in [6, 6.07) is 17.6. The number of anilines is 1. The molecule has 0 aliphatic rings. The van der Waals surface area contributed by atoms with E-state index < -0.39 is 0 Å². The van der Waals surface area contributed by atoms with E-state index in [-0.39, 0.29) is 0 Å². The molecule has 3 rings (SSSR count). The standard InChI is InChI=1S/C16H13ClN4/c1-11(12-7-3-2-4-8-12)18-20-16-14-10-6-5-9-13(14)15(17)19-21-16/h2-10H,1H3,(H,20,21)/b18-11+. The number of hydrogen-bond donors (Lipinski definition) is 1. The van der Waals surface area contributed by atoms with Crippen LogP contribution in [0.25, 0.3) is 10.8 Å². The molecule has 0 spiro atoms. The number of aromatic nitrogens is 2.